The first-order valence-corrected chi connectivity index (χ1v) is 14.4. The van der Waals surface area contributed by atoms with E-state index in [0.29, 0.717) is 30.1 Å². The molecule has 9 heteroatoms. The predicted molar refractivity (Wildman–Crippen MR) is 156 cm³/mol. The standard InChI is InChI=1S/C31H42ClN3O5/c1-8-14-33(7)27(37)24-25-28(38)35(21(18-36)16-19(3)4)26(31(25)17-20(5)30(24,6)40-31)29(39)34(15-9-2)23-13-11-10-12-22(23)32/h8-13,19-21,24-26,36H,1-2,14-18H2,3-7H3/t20?,21-,24-,25+,26?,30+,31?/m1/s1. The van der Waals surface area contributed by atoms with Crippen molar-refractivity contribution in [2.24, 2.45) is 23.7 Å². The van der Waals surface area contributed by atoms with Crippen molar-refractivity contribution in [3.63, 3.8) is 0 Å². The van der Waals surface area contributed by atoms with Gasteiger partial charge in [-0.3, -0.25) is 14.4 Å². The Kier molecular flexibility index (Phi) is 8.56. The molecule has 1 aromatic rings. The van der Waals surface area contributed by atoms with Crippen LogP contribution in [-0.4, -0.2) is 82.7 Å². The van der Waals surface area contributed by atoms with E-state index in [2.05, 4.69) is 13.2 Å². The van der Waals surface area contributed by atoms with Crippen molar-refractivity contribution in [2.45, 2.75) is 63.8 Å². The lowest BCUT2D eigenvalue weighted by atomic mass is 9.62. The number of benzene rings is 1. The molecule has 1 N–H and O–H groups in total. The van der Waals surface area contributed by atoms with E-state index in [1.807, 2.05) is 27.7 Å². The van der Waals surface area contributed by atoms with Crippen LogP contribution in [0.2, 0.25) is 5.02 Å². The monoisotopic (exact) mass is 571 g/mol. The van der Waals surface area contributed by atoms with Gasteiger partial charge in [0.1, 0.15) is 11.6 Å². The SMILES string of the molecule is C=CCN(C)C(=O)[C@H]1[C@H]2C(=O)N([C@@H](CO)CC(C)C)C(C(=O)N(CC=C)c3ccccc3Cl)C23CC(C)[C@]1(C)O3. The molecule has 7 atom stereocenters. The van der Waals surface area contributed by atoms with Gasteiger partial charge in [0.2, 0.25) is 11.8 Å². The van der Waals surface area contributed by atoms with Crippen LogP contribution in [-0.2, 0) is 19.1 Å². The van der Waals surface area contributed by atoms with Gasteiger partial charge in [-0.2, -0.15) is 0 Å². The van der Waals surface area contributed by atoms with Crippen molar-refractivity contribution in [1.82, 2.24) is 9.80 Å². The number of likely N-dealkylation sites (tertiary alicyclic amines) is 1. The first-order valence-electron chi connectivity index (χ1n) is 14.0. The molecule has 3 aliphatic heterocycles. The van der Waals surface area contributed by atoms with Crippen molar-refractivity contribution in [3.05, 3.63) is 54.6 Å². The Labute approximate surface area is 242 Å². The highest BCUT2D eigenvalue weighted by Crippen LogP contribution is 2.66. The lowest BCUT2D eigenvalue weighted by Crippen LogP contribution is -2.59. The number of hydrogen-bond donors (Lipinski definition) is 1. The average Bonchev–Trinajstić information content (AvgIpc) is 3.42. The summed E-state index contributed by atoms with van der Waals surface area (Å²) < 4.78 is 6.85. The van der Waals surface area contributed by atoms with Crippen molar-refractivity contribution in [1.29, 1.82) is 0 Å². The van der Waals surface area contributed by atoms with Crippen LogP contribution in [0, 0.1) is 23.7 Å². The zero-order chi connectivity index (χ0) is 29.6. The number of amides is 3. The highest BCUT2D eigenvalue weighted by molar-refractivity contribution is 6.34. The fraction of sp³-hybridized carbons (Fsp3) is 0.581. The average molecular weight is 572 g/mol. The fourth-order valence-electron chi connectivity index (χ4n) is 7.32. The summed E-state index contributed by atoms with van der Waals surface area (Å²) >= 11 is 6.55. The zero-order valence-electron chi connectivity index (χ0n) is 24.2. The minimum absolute atomic E-state index is 0.0938. The number of anilines is 1. The van der Waals surface area contributed by atoms with Gasteiger partial charge in [0.05, 0.1) is 40.8 Å². The summed E-state index contributed by atoms with van der Waals surface area (Å²) in [7, 11) is 1.69. The predicted octanol–water partition coefficient (Wildman–Crippen LogP) is 3.92. The topological polar surface area (TPSA) is 90.4 Å². The highest BCUT2D eigenvalue weighted by atomic mass is 35.5. The van der Waals surface area contributed by atoms with Crippen LogP contribution < -0.4 is 4.90 Å². The van der Waals surface area contributed by atoms with Crippen LogP contribution in [0.4, 0.5) is 5.69 Å². The molecule has 0 aromatic heterocycles. The molecule has 40 heavy (non-hydrogen) atoms. The lowest BCUT2D eigenvalue weighted by Gasteiger charge is -2.40. The van der Waals surface area contributed by atoms with E-state index >= 15 is 0 Å². The summed E-state index contributed by atoms with van der Waals surface area (Å²) in [5.41, 5.74) is -1.67. The Hall–Kier alpha value is -2.68. The van der Waals surface area contributed by atoms with Gasteiger partial charge in [-0.25, -0.2) is 0 Å². The van der Waals surface area contributed by atoms with Crippen molar-refractivity contribution in [2.75, 3.05) is 31.6 Å². The fourth-order valence-corrected chi connectivity index (χ4v) is 7.56. The molecule has 3 unspecified atom stereocenters. The van der Waals surface area contributed by atoms with Crippen molar-refractivity contribution >= 4 is 35.0 Å². The van der Waals surface area contributed by atoms with E-state index in [-0.39, 0.29) is 42.7 Å². The molecule has 0 radical (unpaired) electrons. The molecule has 3 saturated heterocycles. The Balaban J connectivity index is 1.90. The summed E-state index contributed by atoms with van der Waals surface area (Å²) in [6.07, 6.45) is 4.18. The van der Waals surface area contributed by atoms with Crippen molar-refractivity contribution in [3.8, 4) is 0 Å². The number of aliphatic hydroxyl groups is 1. The number of fused-ring (bicyclic) bond motifs is 1. The molecule has 1 aromatic carbocycles. The molecule has 2 bridgehead atoms. The third-order valence-corrected chi connectivity index (χ3v) is 9.42. The molecule has 3 fully saturated rings. The molecule has 8 nitrogen and oxygen atoms in total. The summed E-state index contributed by atoms with van der Waals surface area (Å²) in [5, 5.41) is 10.9. The van der Waals surface area contributed by atoms with Gasteiger partial charge in [0.15, 0.2) is 0 Å². The summed E-state index contributed by atoms with van der Waals surface area (Å²) in [4.78, 5) is 47.8. The number of likely N-dealkylation sites (N-methyl/N-ethyl adjacent to an activating group) is 1. The normalized spacial score (nSPS) is 31.3. The van der Waals surface area contributed by atoms with Gasteiger partial charge >= 0.3 is 0 Å². The largest absolute Gasteiger partial charge is 0.394 e. The minimum Gasteiger partial charge on any atom is -0.394 e. The van der Waals surface area contributed by atoms with E-state index in [0.717, 1.165) is 0 Å². The number of para-hydroxylation sites is 1. The molecule has 3 amide bonds. The molecule has 3 aliphatic rings. The van der Waals surface area contributed by atoms with Gasteiger partial charge in [-0.1, -0.05) is 56.7 Å². The summed E-state index contributed by atoms with van der Waals surface area (Å²) in [6.45, 7) is 15.7. The third kappa shape index (κ3) is 4.58. The maximum Gasteiger partial charge on any atom is 0.253 e. The van der Waals surface area contributed by atoms with Gasteiger partial charge < -0.3 is 24.5 Å². The molecule has 3 heterocycles. The quantitative estimate of drug-likeness (QED) is 0.407. The van der Waals surface area contributed by atoms with Gasteiger partial charge in [0, 0.05) is 20.1 Å². The Morgan fingerprint density at radius 1 is 1.23 bits per heavy atom. The smallest absolute Gasteiger partial charge is 0.253 e. The number of halogens is 1. The second-order valence-corrected chi connectivity index (χ2v) is 12.5. The van der Waals surface area contributed by atoms with E-state index in [1.54, 1.807) is 48.4 Å². The van der Waals surface area contributed by atoms with E-state index in [1.165, 1.54) is 9.80 Å². The number of rotatable bonds is 11. The van der Waals surface area contributed by atoms with Crippen LogP contribution in [0.25, 0.3) is 0 Å². The summed E-state index contributed by atoms with van der Waals surface area (Å²) in [6, 6.07) is 5.37. The number of nitrogens with zero attached hydrogens (tertiary/aromatic N) is 3. The van der Waals surface area contributed by atoms with Gasteiger partial charge in [-0.05, 0) is 43.7 Å². The number of ether oxygens (including phenoxy) is 1. The molecule has 1 spiro atoms. The van der Waals surface area contributed by atoms with E-state index in [9.17, 15) is 19.5 Å². The van der Waals surface area contributed by atoms with Crippen molar-refractivity contribution < 1.29 is 24.2 Å². The second-order valence-electron chi connectivity index (χ2n) is 12.1. The first kappa shape index (κ1) is 30.3. The molecular weight excluding hydrogens is 530 g/mol. The number of hydrogen-bond acceptors (Lipinski definition) is 5. The van der Waals surface area contributed by atoms with Crippen LogP contribution >= 0.6 is 11.6 Å². The Morgan fingerprint density at radius 2 is 1.88 bits per heavy atom. The van der Waals surface area contributed by atoms with Crippen LogP contribution in [0.5, 0.6) is 0 Å². The van der Waals surface area contributed by atoms with Crippen LogP contribution in [0.3, 0.4) is 0 Å². The Bertz CT molecular complexity index is 1190. The lowest BCUT2D eigenvalue weighted by molar-refractivity contribution is -0.153. The minimum atomic E-state index is -1.23. The Morgan fingerprint density at radius 3 is 2.45 bits per heavy atom. The zero-order valence-corrected chi connectivity index (χ0v) is 24.9. The summed E-state index contributed by atoms with van der Waals surface area (Å²) in [5.74, 6) is -2.48. The van der Waals surface area contributed by atoms with Crippen LogP contribution in [0.15, 0.2) is 49.6 Å². The maximum atomic E-state index is 14.8. The number of aliphatic hydroxyl groups excluding tert-OH is 1. The molecule has 0 aliphatic carbocycles. The third-order valence-electron chi connectivity index (χ3n) is 9.10. The first-order chi connectivity index (χ1) is 18.9. The van der Waals surface area contributed by atoms with Gasteiger partial charge in [0.25, 0.3) is 5.91 Å². The van der Waals surface area contributed by atoms with E-state index in [4.69, 9.17) is 16.3 Å². The molecule has 4 rings (SSSR count). The molecule has 218 valence electrons. The number of carbonyl (C=O) groups excluding carboxylic acids is 3. The van der Waals surface area contributed by atoms with Crippen LogP contribution in [0.1, 0.15) is 40.5 Å². The molecular formula is C31H42ClN3O5. The number of carbonyl (C=O) groups is 3. The van der Waals surface area contributed by atoms with E-state index < -0.39 is 35.1 Å². The van der Waals surface area contributed by atoms with Gasteiger partial charge in [-0.15, -0.1) is 13.2 Å². The second kappa shape index (κ2) is 11.3. The molecule has 0 saturated carbocycles. The maximum absolute atomic E-state index is 14.8. The highest BCUT2D eigenvalue weighted by Gasteiger charge is 2.80.